The molecule has 1 aliphatic rings. The fourth-order valence-corrected chi connectivity index (χ4v) is 3.55. The number of ether oxygens (including phenoxy) is 2. The summed E-state index contributed by atoms with van der Waals surface area (Å²) in [5.74, 6) is -2.36. The number of carbonyl (C=O) groups is 2. The van der Waals surface area contributed by atoms with Crippen LogP contribution in [0.15, 0.2) is 21.6 Å². The molecule has 0 saturated heterocycles. The number of esters is 2. The summed E-state index contributed by atoms with van der Waals surface area (Å²) < 4.78 is 9.43. The zero-order valence-electron chi connectivity index (χ0n) is 14.0. The maximum atomic E-state index is 12.0. The van der Waals surface area contributed by atoms with Crippen LogP contribution in [0.4, 0.5) is 0 Å². The second-order valence-electron chi connectivity index (χ2n) is 5.16. The third-order valence-corrected chi connectivity index (χ3v) is 4.74. The van der Waals surface area contributed by atoms with Crippen LogP contribution in [0.2, 0.25) is 0 Å². The first-order chi connectivity index (χ1) is 11.5. The monoisotopic (exact) mass is 348 g/mol. The van der Waals surface area contributed by atoms with Crippen molar-refractivity contribution in [2.45, 2.75) is 32.1 Å². The molecule has 0 fully saturated rings. The van der Waals surface area contributed by atoms with Crippen molar-refractivity contribution in [3.63, 3.8) is 0 Å². The summed E-state index contributed by atoms with van der Waals surface area (Å²) in [5.41, 5.74) is 1.27. The maximum absolute atomic E-state index is 12.0. The number of hydrogen-bond acceptors (Lipinski definition) is 7. The van der Waals surface area contributed by atoms with E-state index in [0.29, 0.717) is 23.3 Å². The van der Waals surface area contributed by atoms with Crippen LogP contribution in [0.25, 0.3) is 0 Å². The molecule has 0 bridgehead atoms. The Morgan fingerprint density at radius 3 is 2.29 bits per heavy atom. The molecule has 1 rings (SSSR count). The average Bonchev–Trinajstić information content (AvgIpc) is 2.85. The van der Waals surface area contributed by atoms with Gasteiger partial charge in [0, 0.05) is 4.91 Å². The molecule has 0 aromatic rings. The number of hydrogen-bond donors (Lipinski definition) is 0. The van der Waals surface area contributed by atoms with E-state index in [1.54, 1.807) is 6.26 Å². The molecule has 0 aliphatic heterocycles. The van der Waals surface area contributed by atoms with Crippen molar-refractivity contribution in [2.75, 3.05) is 20.5 Å². The Morgan fingerprint density at radius 2 is 1.79 bits per heavy atom. The van der Waals surface area contributed by atoms with Gasteiger partial charge in [-0.2, -0.15) is 10.5 Å². The summed E-state index contributed by atoms with van der Waals surface area (Å²) >= 11 is 1.25. The van der Waals surface area contributed by atoms with Gasteiger partial charge in [-0.25, -0.2) is 4.79 Å². The SMILES string of the molecule is COC(=O)/C(C#N)=C(/SC)C1=C(C(C#N)C(=O)OC)CCCCC1. The summed E-state index contributed by atoms with van der Waals surface area (Å²) in [6.45, 7) is 0. The first kappa shape index (κ1) is 19.8. The Balaban J connectivity index is 3.62. The van der Waals surface area contributed by atoms with Gasteiger partial charge in [-0.05, 0) is 43.1 Å². The number of rotatable bonds is 5. The highest BCUT2D eigenvalue weighted by Gasteiger charge is 2.30. The first-order valence-electron chi connectivity index (χ1n) is 7.52. The number of methoxy groups -OCH3 is 2. The van der Waals surface area contributed by atoms with Crippen molar-refractivity contribution < 1.29 is 19.1 Å². The molecule has 0 amide bonds. The third kappa shape index (κ3) is 4.39. The molecule has 0 aromatic carbocycles. The lowest BCUT2D eigenvalue weighted by molar-refractivity contribution is -0.142. The van der Waals surface area contributed by atoms with E-state index in [1.807, 2.05) is 12.1 Å². The molecule has 0 saturated carbocycles. The highest BCUT2D eigenvalue weighted by Crippen LogP contribution is 2.38. The molecular weight excluding hydrogens is 328 g/mol. The van der Waals surface area contributed by atoms with E-state index < -0.39 is 17.9 Å². The van der Waals surface area contributed by atoms with Gasteiger partial charge in [-0.1, -0.05) is 6.42 Å². The molecule has 0 aromatic heterocycles. The minimum atomic E-state index is -1.03. The molecule has 0 spiro atoms. The Kier molecular flexibility index (Phi) is 8.08. The fraction of sp³-hybridized carbons (Fsp3) is 0.529. The Labute approximate surface area is 146 Å². The smallest absolute Gasteiger partial charge is 0.349 e. The second kappa shape index (κ2) is 9.79. The van der Waals surface area contributed by atoms with Gasteiger partial charge in [0.25, 0.3) is 0 Å². The number of nitrogens with zero attached hydrogens (tertiary/aromatic N) is 2. The summed E-state index contributed by atoms with van der Waals surface area (Å²) in [7, 11) is 2.45. The Bertz CT molecular complexity index is 652. The minimum Gasteiger partial charge on any atom is -0.468 e. The Hall–Kier alpha value is -2.25. The van der Waals surface area contributed by atoms with E-state index in [4.69, 9.17) is 4.74 Å². The topological polar surface area (TPSA) is 100 Å². The zero-order chi connectivity index (χ0) is 18.1. The van der Waals surface area contributed by atoms with E-state index >= 15 is 0 Å². The van der Waals surface area contributed by atoms with Crippen molar-refractivity contribution in [1.82, 2.24) is 0 Å². The number of carbonyl (C=O) groups excluding carboxylic acids is 2. The molecule has 128 valence electrons. The zero-order valence-corrected chi connectivity index (χ0v) is 14.9. The van der Waals surface area contributed by atoms with Gasteiger partial charge < -0.3 is 9.47 Å². The largest absolute Gasteiger partial charge is 0.468 e. The van der Waals surface area contributed by atoms with Crippen LogP contribution < -0.4 is 0 Å². The molecule has 6 nitrogen and oxygen atoms in total. The van der Waals surface area contributed by atoms with Gasteiger partial charge in [0.1, 0.15) is 6.07 Å². The lowest BCUT2D eigenvalue weighted by atomic mass is 9.90. The number of nitriles is 2. The van der Waals surface area contributed by atoms with Gasteiger partial charge in [-0.15, -0.1) is 11.8 Å². The van der Waals surface area contributed by atoms with E-state index in [0.717, 1.165) is 24.8 Å². The second-order valence-corrected chi connectivity index (χ2v) is 5.98. The lowest BCUT2D eigenvalue weighted by Gasteiger charge is -2.18. The molecule has 24 heavy (non-hydrogen) atoms. The van der Waals surface area contributed by atoms with Crippen LogP contribution in [0.3, 0.4) is 0 Å². The lowest BCUT2D eigenvalue weighted by Crippen LogP contribution is -2.19. The van der Waals surface area contributed by atoms with Crippen LogP contribution in [-0.4, -0.2) is 32.4 Å². The van der Waals surface area contributed by atoms with Gasteiger partial charge in [-0.3, -0.25) is 4.79 Å². The Morgan fingerprint density at radius 1 is 1.12 bits per heavy atom. The quantitative estimate of drug-likeness (QED) is 0.428. The van der Waals surface area contributed by atoms with Crippen LogP contribution in [0, 0.1) is 28.6 Å². The predicted molar refractivity (Wildman–Crippen MR) is 89.4 cm³/mol. The molecule has 1 atom stereocenters. The maximum Gasteiger partial charge on any atom is 0.349 e. The van der Waals surface area contributed by atoms with E-state index in [1.165, 1.54) is 26.0 Å². The predicted octanol–water partition coefficient (Wildman–Crippen LogP) is 2.87. The fourth-order valence-electron chi connectivity index (χ4n) is 2.74. The van der Waals surface area contributed by atoms with Crippen LogP contribution in [0.5, 0.6) is 0 Å². The number of thioether (sulfide) groups is 1. The van der Waals surface area contributed by atoms with E-state index in [9.17, 15) is 20.1 Å². The molecular formula is C17H20N2O4S. The first-order valence-corrected chi connectivity index (χ1v) is 8.74. The normalized spacial score (nSPS) is 16.9. The average molecular weight is 348 g/mol. The molecule has 1 aliphatic carbocycles. The molecule has 0 N–H and O–H groups in total. The summed E-state index contributed by atoms with van der Waals surface area (Å²) in [6, 6.07) is 3.89. The molecule has 0 heterocycles. The van der Waals surface area contributed by atoms with E-state index in [2.05, 4.69) is 4.74 Å². The molecule has 1 unspecified atom stereocenters. The summed E-state index contributed by atoms with van der Waals surface area (Å²) in [6.07, 6.45) is 5.58. The standard InChI is InChI=1S/C17H20N2O4S/c1-22-16(20)13(9-18)11-7-5-4-6-8-12(11)15(24-3)14(10-19)17(21)23-2/h13H,4-8H2,1-3H3/b15-14+. The van der Waals surface area contributed by atoms with E-state index in [-0.39, 0.29) is 5.57 Å². The van der Waals surface area contributed by atoms with Crippen molar-refractivity contribution in [1.29, 1.82) is 10.5 Å². The van der Waals surface area contributed by atoms with Gasteiger partial charge in [0.05, 0.1) is 20.3 Å². The molecule has 0 radical (unpaired) electrons. The third-order valence-electron chi connectivity index (χ3n) is 3.88. The van der Waals surface area contributed by atoms with Crippen LogP contribution in [-0.2, 0) is 19.1 Å². The van der Waals surface area contributed by atoms with Crippen molar-refractivity contribution >= 4 is 23.7 Å². The van der Waals surface area contributed by atoms with Gasteiger partial charge >= 0.3 is 11.9 Å². The number of allylic oxidation sites excluding steroid dienone is 1. The van der Waals surface area contributed by atoms with Crippen LogP contribution >= 0.6 is 11.8 Å². The van der Waals surface area contributed by atoms with Gasteiger partial charge in [0.2, 0.25) is 0 Å². The van der Waals surface area contributed by atoms with Crippen molar-refractivity contribution in [2.24, 2.45) is 5.92 Å². The minimum absolute atomic E-state index is 0.0963. The van der Waals surface area contributed by atoms with Gasteiger partial charge in [0.15, 0.2) is 11.5 Å². The van der Waals surface area contributed by atoms with Crippen molar-refractivity contribution in [3.05, 3.63) is 21.6 Å². The molecule has 7 heteroatoms. The van der Waals surface area contributed by atoms with Crippen molar-refractivity contribution in [3.8, 4) is 12.1 Å². The highest BCUT2D eigenvalue weighted by molar-refractivity contribution is 8.02. The summed E-state index contributed by atoms with van der Waals surface area (Å²) in [4.78, 5) is 24.4. The highest BCUT2D eigenvalue weighted by atomic mass is 32.2. The summed E-state index contributed by atoms with van der Waals surface area (Å²) in [5, 5.41) is 18.8. The van der Waals surface area contributed by atoms with Crippen LogP contribution in [0.1, 0.15) is 32.1 Å².